The molecule has 6 nitrogen and oxygen atoms in total. The molecule has 216 valence electrons. The molecule has 2 aliphatic rings. The van der Waals surface area contributed by atoms with Crippen LogP contribution in [0.2, 0.25) is 0 Å². The Morgan fingerprint density at radius 3 is 2.51 bits per heavy atom. The van der Waals surface area contributed by atoms with Crippen molar-refractivity contribution in [2.45, 2.75) is 38.4 Å². The summed E-state index contributed by atoms with van der Waals surface area (Å²) in [5, 5.41) is 5.72. The van der Waals surface area contributed by atoms with Crippen LogP contribution < -0.4 is 10.6 Å². The molecule has 1 aromatic heterocycles. The number of amides is 1. The van der Waals surface area contributed by atoms with Crippen LogP contribution >= 0.6 is 0 Å². The minimum atomic E-state index is -4.52. The van der Waals surface area contributed by atoms with Gasteiger partial charge in [-0.15, -0.1) is 0 Å². The van der Waals surface area contributed by atoms with Crippen molar-refractivity contribution < 1.29 is 18.0 Å². The van der Waals surface area contributed by atoms with Crippen molar-refractivity contribution in [3.05, 3.63) is 93.7 Å². The Hall–Kier alpha value is -3.69. The van der Waals surface area contributed by atoms with Crippen molar-refractivity contribution in [1.29, 1.82) is 0 Å². The minimum Gasteiger partial charge on any atom is -0.373 e. The minimum absolute atomic E-state index is 0.133. The summed E-state index contributed by atoms with van der Waals surface area (Å²) in [7, 11) is 3.85. The predicted molar refractivity (Wildman–Crippen MR) is 157 cm³/mol. The number of hydrogen-bond donors (Lipinski definition) is 2. The Balaban J connectivity index is 1.32. The van der Waals surface area contributed by atoms with Crippen LogP contribution in [0.1, 0.15) is 51.0 Å². The number of halogens is 3. The third-order valence-electron chi connectivity index (χ3n) is 7.89. The van der Waals surface area contributed by atoms with E-state index in [4.69, 9.17) is 0 Å². The van der Waals surface area contributed by atoms with Crippen LogP contribution in [0.4, 0.5) is 24.7 Å². The van der Waals surface area contributed by atoms with E-state index in [-0.39, 0.29) is 17.8 Å². The van der Waals surface area contributed by atoms with E-state index in [0.29, 0.717) is 5.56 Å². The number of rotatable bonds is 7. The molecule has 1 aliphatic carbocycles. The second kappa shape index (κ2) is 12.4. The predicted octanol–water partition coefficient (Wildman–Crippen LogP) is 6.10. The third kappa shape index (κ3) is 7.34. The first-order valence-corrected chi connectivity index (χ1v) is 14.1. The van der Waals surface area contributed by atoms with Gasteiger partial charge < -0.3 is 15.5 Å². The van der Waals surface area contributed by atoms with Crippen LogP contribution in [0.25, 0.3) is 6.08 Å². The fourth-order valence-corrected chi connectivity index (χ4v) is 5.48. The number of carbonyl (C=O) groups excluding carboxylic acids is 1. The van der Waals surface area contributed by atoms with Gasteiger partial charge in [0.25, 0.3) is 5.91 Å². The lowest BCUT2D eigenvalue weighted by molar-refractivity contribution is -0.138. The molecule has 0 spiro atoms. The zero-order valence-corrected chi connectivity index (χ0v) is 23.5. The molecule has 0 saturated carbocycles. The summed E-state index contributed by atoms with van der Waals surface area (Å²) in [6.07, 6.45) is 3.12. The van der Waals surface area contributed by atoms with Crippen molar-refractivity contribution in [2.75, 3.05) is 50.9 Å². The number of nitrogens with one attached hydrogen (secondary N) is 2. The van der Waals surface area contributed by atoms with Gasteiger partial charge in [-0.05, 0) is 85.3 Å². The van der Waals surface area contributed by atoms with E-state index < -0.39 is 17.6 Å². The SMILES string of the molecule is CNc1ccc(CC2=Cc3cc(C(=O)Nc4ccc(CN5CCN(C)CC5)c(C(F)(F)F)c4)ccc3CCC2)cn1. The highest BCUT2D eigenvalue weighted by Gasteiger charge is 2.34. The quantitative estimate of drug-likeness (QED) is 0.364. The average molecular weight is 564 g/mol. The summed E-state index contributed by atoms with van der Waals surface area (Å²) < 4.78 is 42.0. The fraction of sp³-hybridized carbons (Fsp3) is 0.375. The van der Waals surface area contributed by atoms with Crippen molar-refractivity contribution in [2.24, 2.45) is 0 Å². The number of anilines is 2. The molecule has 2 heterocycles. The standard InChI is InChI=1S/C32H36F3N5O/c1-36-30-11-6-23(20-37-30)16-22-4-3-5-24-7-8-25(18-27(24)17-22)31(41)38-28-10-9-26(29(19-28)32(33,34)35)21-40-14-12-39(2)13-15-40/h6-11,17-20H,3-5,12-16,21H2,1-2H3,(H,36,37)(H,38,41). The number of alkyl halides is 3. The third-order valence-corrected chi connectivity index (χ3v) is 7.89. The van der Waals surface area contributed by atoms with Gasteiger partial charge in [-0.2, -0.15) is 13.2 Å². The zero-order chi connectivity index (χ0) is 29.0. The van der Waals surface area contributed by atoms with Gasteiger partial charge in [-0.3, -0.25) is 9.69 Å². The Labute approximate surface area is 239 Å². The van der Waals surface area contributed by atoms with Crippen LogP contribution in [0.3, 0.4) is 0 Å². The van der Waals surface area contributed by atoms with Crippen LogP contribution in [0.5, 0.6) is 0 Å². The number of nitrogens with zero attached hydrogens (tertiary/aromatic N) is 3. The van der Waals surface area contributed by atoms with Gasteiger partial charge in [-0.25, -0.2) is 4.98 Å². The van der Waals surface area contributed by atoms with E-state index in [1.54, 1.807) is 12.1 Å². The summed E-state index contributed by atoms with van der Waals surface area (Å²) in [6.45, 7) is 3.33. The van der Waals surface area contributed by atoms with Gasteiger partial charge in [0.1, 0.15) is 5.82 Å². The molecule has 3 aromatic rings. The summed E-state index contributed by atoms with van der Waals surface area (Å²) >= 11 is 0. The lowest BCUT2D eigenvalue weighted by Crippen LogP contribution is -2.44. The second-order valence-corrected chi connectivity index (χ2v) is 11.0. The van der Waals surface area contributed by atoms with Gasteiger partial charge in [0, 0.05) is 57.2 Å². The summed E-state index contributed by atoms with van der Waals surface area (Å²) in [6, 6.07) is 13.6. The Morgan fingerprint density at radius 2 is 1.80 bits per heavy atom. The van der Waals surface area contributed by atoms with Gasteiger partial charge in [0.2, 0.25) is 0 Å². The molecular formula is C32H36F3N5O. The molecule has 41 heavy (non-hydrogen) atoms. The maximum Gasteiger partial charge on any atom is 0.416 e. The van der Waals surface area contributed by atoms with Gasteiger partial charge in [0.05, 0.1) is 5.56 Å². The molecule has 1 saturated heterocycles. The van der Waals surface area contributed by atoms with Crippen LogP contribution in [-0.2, 0) is 25.6 Å². The number of hydrogen-bond acceptors (Lipinski definition) is 5. The van der Waals surface area contributed by atoms with Crippen LogP contribution in [-0.4, -0.2) is 61.0 Å². The molecule has 1 fully saturated rings. The topological polar surface area (TPSA) is 60.5 Å². The molecule has 0 unspecified atom stereocenters. The molecule has 2 N–H and O–H groups in total. The highest BCUT2D eigenvalue weighted by molar-refractivity contribution is 6.04. The molecule has 5 rings (SSSR count). The first kappa shape index (κ1) is 28.8. The lowest BCUT2D eigenvalue weighted by Gasteiger charge is -2.33. The Bertz CT molecular complexity index is 1410. The molecule has 0 atom stereocenters. The number of carbonyl (C=O) groups is 1. The monoisotopic (exact) mass is 563 g/mol. The highest BCUT2D eigenvalue weighted by Crippen LogP contribution is 2.35. The number of benzene rings is 2. The molecular weight excluding hydrogens is 527 g/mol. The number of allylic oxidation sites excluding steroid dienone is 1. The Morgan fingerprint density at radius 1 is 1.00 bits per heavy atom. The van der Waals surface area contributed by atoms with E-state index in [1.807, 2.05) is 43.4 Å². The van der Waals surface area contributed by atoms with Crippen molar-refractivity contribution in [3.8, 4) is 0 Å². The number of piperazine rings is 1. The normalized spacial score (nSPS) is 16.5. The second-order valence-electron chi connectivity index (χ2n) is 11.0. The zero-order valence-electron chi connectivity index (χ0n) is 23.5. The maximum absolute atomic E-state index is 14.0. The number of pyridine rings is 1. The number of fused-ring (bicyclic) bond motifs is 1. The van der Waals surface area contributed by atoms with E-state index in [0.717, 1.165) is 80.4 Å². The first-order chi connectivity index (χ1) is 19.7. The molecule has 0 bridgehead atoms. The maximum atomic E-state index is 14.0. The van der Waals surface area contributed by atoms with E-state index in [1.165, 1.54) is 11.6 Å². The summed E-state index contributed by atoms with van der Waals surface area (Å²) in [4.78, 5) is 21.8. The number of aromatic nitrogens is 1. The molecule has 0 radical (unpaired) electrons. The smallest absolute Gasteiger partial charge is 0.373 e. The van der Waals surface area contributed by atoms with Gasteiger partial charge >= 0.3 is 6.18 Å². The average Bonchev–Trinajstić information content (AvgIpc) is 3.16. The van der Waals surface area contributed by atoms with E-state index >= 15 is 0 Å². The first-order valence-electron chi connectivity index (χ1n) is 14.1. The largest absolute Gasteiger partial charge is 0.416 e. The van der Waals surface area contributed by atoms with Crippen molar-refractivity contribution in [1.82, 2.24) is 14.8 Å². The molecule has 1 amide bonds. The van der Waals surface area contributed by atoms with Gasteiger partial charge in [0.15, 0.2) is 0 Å². The van der Waals surface area contributed by atoms with E-state index in [2.05, 4.69) is 32.7 Å². The van der Waals surface area contributed by atoms with Crippen LogP contribution in [0, 0.1) is 0 Å². The molecule has 2 aromatic carbocycles. The highest BCUT2D eigenvalue weighted by atomic mass is 19.4. The fourth-order valence-electron chi connectivity index (χ4n) is 5.48. The van der Waals surface area contributed by atoms with Crippen LogP contribution in [0.15, 0.2) is 60.3 Å². The van der Waals surface area contributed by atoms with E-state index in [9.17, 15) is 18.0 Å². The van der Waals surface area contributed by atoms with Crippen molar-refractivity contribution >= 4 is 23.5 Å². The molecule has 1 aliphatic heterocycles. The number of likely N-dealkylation sites (N-methyl/N-ethyl adjacent to an activating group) is 1. The van der Waals surface area contributed by atoms with Crippen molar-refractivity contribution in [3.63, 3.8) is 0 Å². The summed E-state index contributed by atoms with van der Waals surface area (Å²) in [5.74, 6) is 0.385. The van der Waals surface area contributed by atoms with Gasteiger partial charge in [-0.1, -0.05) is 29.8 Å². The number of aryl methyl sites for hydroxylation is 1. The molecule has 9 heteroatoms. The summed E-state index contributed by atoms with van der Waals surface area (Å²) in [5.41, 5.74) is 4.57. The Kier molecular flexibility index (Phi) is 8.75. The lowest BCUT2D eigenvalue weighted by atomic mass is 10.00.